The van der Waals surface area contributed by atoms with Crippen LogP contribution in [0.4, 0.5) is 4.79 Å². The Labute approximate surface area is 170 Å². The number of ether oxygens (including phenoxy) is 1. The molecular weight excluding hydrogens is 376 g/mol. The van der Waals surface area contributed by atoms with Gasteiger partial charge in [0.05, 0.1) is 24.8 Å². The molecule has 1 rings (SSSR count). The SMILES string of the molecule is CN(C)C(=O)C1=CC(CO[Si](C)(C)C(C)(C)C)N(C(=O)OC(C)(C)C)CC1=O. The van der Waals surface area contributed by atoms with Gasteiger partial charge in [0.2, 0.25) is 0 Å². The van der Waals surface area contributed by atoms with E-state index in [0.29, 0.717) is 0 Å². The maximum Gasteiger partial charge on any atom is 0.411 e. The molecule has 7 nitrogen and oxygen atoms in total. The largest absolute Gasteiger partial charge is 0.444 e. The summed E-state index contributed by atoms with van der Waals surface area (Å²) in [6, 6.07) is -0.541. The van der Waals surface area contributed by atoms with E-state index in [1.54, 1.807) is 40.9 Å². The van der Waals surface area contributed by atoms with Crippen LogP contribution in [-0.2, 0) is 18.8 Å². The molecule has 1 atom stereocenters. The number of nitrogens with zero attached hydrogens (tertiary/aromatic N) is 2. The van der Waals surface area contributed by atoms with E-state index in [0.717, 1.165) is 0 Å². The van der Waals surface area contributed by atoms with Gasteiger partial charge in [-0.05, 0) is 45.0 Å². The Hall–Kier alpha value is -1.67. The Morgan fingerprint density at radius 3 is 2.14 bits per heavy atom. The lowest BCUT2D eigenvalue weighted by atomic mass is 10.0. The second-order valence-corrected chi connectivity index (χ2v) is 14.8. The van der Waals surface area contributed by atoms with Crippen LogP contribution >= 0.6 is 0 Å². The summed E-state index contributed by atoms with van der Waals surface area (Å²) in [7, 11) is 1.11. The Morgan fingerprint density at radius 1 is 1.18 bits per heavy atom. The number of amides is 2. The van der Waals surface area contributed by atoms with Crippen LogP contribution in [0.15, 0.2) is 11.6 Å². The fourth-order valence-corrected chi connectivity index (χ4v) is 3.35. The second kappa shape index (κ2) is 8.37. The van der Waals surface area contributed by atoms with Crippen molar-refractivity contribution in [2.24, 2.45) is 0 Å². The van der Waals surface area contributed by atoms with Crippen molar-refractivity contribution in [1.29, 1.82) is 0 Å². The van der Waals surface area contributed by atoms with Crippen LogP contribution in [0.1, 0.15) is 41.5 Å². The van der Waals surface area contributed by atoms with Gasteiger partial charge in [0, 0.05) is 14.1 Å². The van der Waals surface area contributed by atoms with Crippen molar-refractivity contribution in [3.05, 3.63) is 11.6 Å². The number of hydrogen-bond donors (Lipinski definition) is 0. The van der Waals surface area contributed by atoms with Crippen LogP contribution in [0.25, 0.3) is 0 Å². The van der Waals surface area contributed by atoms with E-state index in [1.165, 1.54) is 9.80 Å². The van der Waals surface area contributed by atoms with Gasteiger partial charge in [0.25, 0.3) is 5.91 Å². The number of ketones is 1. The zero-order valence-electron chi connectivity index (χ0n) is 19.0. The van der Waals surface area contributed by atoms with Crippen LogP contribution < -0.4 is 0 Å². The number of rotatable bonds is 4. The van der Waals surface area contributed by atoms with E-state index in [2.05, 4.69) is 33.9 Å². The maximum absolute atomic E-state index is 12.7. The van der Waals surface area contributed by atoms with Crippen molar-refractivity contribution in [2.75, 3.05) is 27.2 Å². The molecule has 1 unspecified atom stereocenters. The number of hydrogen-bond acceptors (Lipinski definition) is 5. The van der Waals surface area contributed by atoms with E-state index in [4.69, 9.17) is 9.16 Å². The Balaban J connectivity index is 3.20. The van der Waals surface area contributed by atoms with Gasteiger partial charge < -0.3 is 14.1 Å². The fraction of sp³-hybridized carbons (Fsp3) is 0.750. The molecular formula is C20H36N2O5Si. The lowest BCUT2D eigenvalue weighted by Crippen LogP contribution is -2.53. The number of carbonyl (C=O) groups excluding carboxylic acids is 3. The fourth-order valence-electron chi connectivity index (χ4n) is 2.33. The molecule has 0 aromatic rings. The normalized spacial score (nSPS) is 18.6. The van der Waals surface area contributed by atoms with Crippen LogP contribution in [0.2, 0.25) is 18.1 Å². The smallest absolute Gasteiger partial charge is 0.411 e. The minimum absolute atomic E-state index is 0.000233. The van der Waals surface area contributed by atoms with Crippen LogP contribution in [0.5, 0.6) is 0 Å². The summed E-state index contributed by atoms with van der Waals surface area (Å²) >= 11 is 0. The maximum atomic E-state index is 12.7. The lowest BCUT2D eigenvalue weighted by Gasteiger charge is -2.40. The molecule has 1 aliphatic heterocycles. The third kappa shape index (κ3) is 6.17. The standard InChI is InChI=1S/C20H36N2O5Si/c1-19(2,3)27-18(25)22-12-16(23)15(17(24)21(7)8)11-14(22)13-26-28(9,10)20(4,5)6/h11,14H,12-13H2,1-10H3. The monoisotopic (exact) mass is 412 g/mol. The third-order valence-electron chi connectivity index (χ3n) is 5.06. The van der Waals surface area contributed by atoms with Crippen molar-refractivity contribution in [2.45, 2.75) is 71.3 Å². The van der Waals surface area contributed by atoms with Gasteiger partial charge in [0.15, 0.2) is 14.1 Å². The summed E-state index contributed by atoms with van der Waals surface area (Å²) in [5.74, 6) is -0.765. The molecule has 160 valence electrons. The molecule has 1 aliphatic rings. The van der Waals surface area contributed by atoms with Gasteiger partial charge in [-0.3, -0.25) is 14.5 Å². The average molecular weight is 413 g/mol. The summed E-state index contributed by atoms with van der Waals surface area (Å²) in [4.78, 5) is 40.3. The van der Waals surface area contributed by atoms with Crippen molar-refractivity contribution in [1.82, 2.24) is 9.80 Å². The summed E-state index contributed by atoms with van der Waals surface area (Å²) in [6.45, 7) is 16.0. The van der Waals surface area contributed by atoms with Crippen molar-refractivity contribution in [3.8, 4) is 0 Å². The van der Waals surface area contributed by atoms with Crippen LogP contribution in [0.3, 0.4) is 0 Å². The van der Waals surface area contributed by atoms with E-state index >= 15 is 0 Å². The number of Topliss-reactive ketones (excluding diaryl/α,β-unsaturated/α-hetero) is 1. The van der Waals surface area contributed by atoms with Crippen molar-refractivity contribution >= 4 is 26.1 Å². The Kier molecular flexibility index (Phi) is 7.28. The van der Waals surface area contributed by atoms with Crippen LogP contribution in [0, 0.1) is 0 Å². The molecule has 0 aromatic heterocycles. The highest BCUT2D eigenvalue weighted by Crippen LogP contribution is 2.37. The van der Waals surface area contributed by atoms with Crippen LogP contribution in [-0.4, -0.2) is 74.8 Å². The molecule has 0 saturated carbocycles. The molecule has 0 aromatic carbocycles. The van der Waals surface area contributed by atoms with Gasteiger partial charge >= 0.3 is 6.09 Å². The quantitative estimate of drug-likeness (QED) is 0.523. The van der Waals surface area contributed by atoms with Crippen molar-refractivity contribution in [3.63, 3.8) is 0 Å². The molecule has 0 saturated heterocycles. The minimum Gasteiger partial charge on any atom is -0.444 e. The molecule has 8 heteroatoms. The van der Waals surface area contributed by atoms with Gasteiger partial charge in [-0.15, -0.1) is 0 Å². The average Bonchev–Trinajstić information content (AvgIpc) is 2.49. The highest BCUT2D eigenvalue weighted by Gasteiger charge is 2.41. The molecule has 1 heterocycles. The topological polar surface area (TPSA) is 76.2 Å². The Bertz CT molecular complexity index is 656. The first kappa shape index (κ1) is 24.4. The molecule has 0 fully saturated rings. The van der Waals surface area contributed by atoms with Gasteiger partial charge in [-0.1, -0.05) is 20.8 Å². The first-order valence-electron chi connectivity index (χ1n) is 9.56. The van der Waals surface area contributed by atoms with E-state index in [-0.39, 0.29) is 29.7 Å². The highest BCUT2D eigenvalue weighted by molar-refractivity contribution is 6.74. The van der Waals surface area contributed by atoms with E-state index in [1.807, 2.05) is 0 Å². The first-order chi connectivity index (χ1) is 12.5. The number of carbonyl (C=O) groups is 3. The van der Waals surface area contributed by atoms with Crippen molar-refractivity contribution < 1.29 is 23.5 Å². The Morgan fingerprint density at radius 2 is 1.71 bits per heavy atom. The molecule has 28 heavy (non-hydrogen) atoms. The summed E-state index contributed by atoms with van der Waals surface area (Å²) in [5, 5.41) is 0.000233. The summed E-state index contributed by atoms with van der Waals surface area (Å²) in [6.07, 6.45) is 0.961. The third-order valence-corrected chi connectivity index (χ3v) is 9.56. The van der Waals surface area contributed by atoms with Gasteiger partial charge in [-0.25, -0.2) is 4.79 Å². The molecule has 0 N–H and O–H groups in total. The summed E-state index contributed by atoms with van der Waals surface area (Å²) in [5.41, 5.74) is -0.595. The lowest BCUT2D eigenvalue weighted by molar-refractivity contribution is -0.129. The second-order valence-electron chi connectivity index (χ2n) is 9.95. The predicted octanol–water partition coefficient (Wildman–Crippen LogP) is 3.21. The zero-order valence-corrected chi connectivity index (χ0v) is 20.0. The molecule has 0 bridgehead atoms. The first-order valence-corrected chi connectivity index (χ1v) is 12.5. The highest BCUT2D eigenvalue weighted by atomic mass is 28.4. The molecule has 2 amide bonds. The minimum atomic E-state index is -2.08. The van der Waals surface area contributed by atoms with E-state index < -0.39 is 31.8 Å². The molecule has 0 aliphatic carbocycles. The summed E-state index contributed by atoms with van der Waals surface area (Å²) < 4.78 is 11.7. The molecule has 0 spiro atoms. The number of likely N-dealkylation sites (N-methyl/N-ethyl adjacent to an activating group) is 1. The van der Waals surface area contributed by atoms with Gasteiger partial charge in [-0.2, -0.15) is 0 Å². The zero-order chi connectivity index (χ0) is 22.1. The predicted molar refractivity (Wildman–Crippen MR) is 112 cm³/mol. The van der Waals surface area contributed by atoms with E-state index in [9.17, 15) is 14.4 Å². The molecule has 0 radical (unpaired) electrons. The van der Waals surface area contributed by atoms with Gasteiger partial charge in [0.1, 0.15) is 5.60 Å².